The number of hydrogen-bond donors (Lipinski definition) is 1. The molecule has 2 N–H and O–H groups in total. The molecule has 0 saturated heterocycles. The Morgan fingerprint density at radius 1 is 1.16 bits per heavy atom. The van der Waals surface area contributed by atoms with Crippen molar-refractivity contribution in [2.24, 2.45) is 5.73 Å². The van der Waals surface area contributed by atoms with Crippen LogP contribution in [-0.4, -0.2) is 19.2 Å². The van der Waals surface area contributed by atoms with E-state index in [0.29, 0.717) is 13.1 Å². The van der Waals surface area contributed by atoms with E-state index in [4.69, 9.17) is 5.73 Å². The maximum atomic E-state index is 12.3. The summed E-state index contributed by atoms with van der Waals surface area (Å²) in [5, 5.41) is 0.618. The molecule has 3 rings (SSSR count). The molecule has 2 aliphatic heterocycles. The number of fused-ring (bicyclic) bond motifs is 1. The van der Waals surface area contributed by atoms with Crippen LogP contribution in [0.5, 0.6) is 0 Å². The molecule has 0 aromatic heterocycles. The van der Waals surface area contributed by atoms with Gasteiger partial charge in [-0.1, -0.05) is 24.3 Å². The first-order chi connectivity index (χ1) is 8.99. The Bertz CT molecular complexity index is 707. The molecule has 98 valence electrons. The third-order valence-electron chi connectivity index (χ3n) is 3.34. The third kappa shape index (κ3) is 1.84. The summed E-state index contributed by atoms with van der Waals surface area (Å²) in [6.07, 6.45) is 1.27. The average molecular weight is 276 g/mol. The van der Waals surface area contributed by atoms with Crippen LogP contribution >= 0.6 is 0 Å². The molecular weight excluding hydrogens is 264 g/mol. The molecule has 2 heterocycles. The minimum Gasteiger partial charge on any atom is -0.389 e. The highest BCUT2D eigenvalue weighted by molar-refractivity contribution is 7.98. The van der Waals surface area contributed by atoms with E-state index in [1.54, 1.807) is 4.90 Å². The summed E-state index contributed by atoms with van der Waals surface area (Å²) in [4.78, 5) is 13.9. The van der Waals surface area contributed by atoms with Crippen molar-refractivity contribution in [1.82, 2.24) is 4.90 Å². The lowest BCUT2D eigenvalue weighted by molar-refractivity contribution is -0.127. The van der Waals surface area contributed by atoms with Crippen molar-refractivity contribution >= 4 is 15.7 Å². The van der Waals surface area contributed by atoms with E-state index in [-0.39, 0.29) is 16.5 Å². The van der Waals surface area contributed by atoms with E-state index in [9.17, 15) is 13.2 Å². The van der Waals surface area contributed by atoms with Gasteiger partial charge >= 0.3 is 0 Å². The van der Waals surface area contributed by atoms with Gasteiger partial charge in [-0.05, 0) is 17.2 Å². The number of nitrogens with two attached hydrogens (primary N) is 1. The number of rotatable bonds is 1. The van der Waals surface area contributed by atoms with Gasteiger partial charge in [0.25, 0.3) is 5.91 Å². The lowest BCUT2D eigenvalue weighted by Gasteiger charge is -2.15. The predicted molar refractivity (Wildman–Crippen MR) is 70.0 cm³/mol. The summed E-state index contributed by atoms with van der Waals surface area (Å²) in [5.41, 5.74) is 7.74. The van der Waals surface area contributed by atoms with Crippen LogP contribution in [-0.2, 0) is 27.7 Å². The molecule has 1 aromatic rings. The molecule has 0 aliphatic carbocycles. The summed E-state index contributed by atoms with van der Waals surface area (Å²) in [5.74, 6) is -0.342. The average Bonchev–Trinajstić information content (AvgIpc) is 2.92. The Morgan fingerprint density at radius 3 is 2.21 bits per heavy atom. The second kappa shape index (κ2) is 3.96. The van der Waals surface area contributed by atoms with Crippen LogP contribution < -0.4 is 5.73 Å². The molecule has 0 spiro atoms. The van der Waals surface area contributed by atoms with Crippen LogP contribution in [0.4, 0.5) is 0 Å². The van der Waals surface area contributed by atoms with Crippen LogP contribution in [0.1, 0.15) is 11.1 Å². The van der Waals surface area contributed by atoms with Crippen LogP contribution in [0.15, 0.2) is 46.4 Å². The van der Waals surface area contributed by atoms with Crippen molar-refractivity contribution in [1.29, 1.82) is 0 Å². The monoisotopic (exact) mass is 276 g/mol. The van der Waals surface area contributed by atoms with Crippen molar-refractivity contribution in [2.75, 3.05) is 0 Å². The van der Waals surface area contributed by atoms with Crippen LogP contribution in [0.2, 0.25) is 0 Å². The highest BCUT2D eigenvalue weighted by Gasteiger charge is 2.31. The molecule has 1 amide bonds. The molecule has 2 aliphatic rings. The van der Waals surface area contributed by atoms with Gasteiger partial charge in [-0.15, -0.1) is 0 Å². The van der Waals surface area contributed by atoms with Crippen molar-refractivity contribution in [3.63, 3.8) is 0 Å². The molecule has 0 atom stereocenters. The molecule has 0 bridgehead atoms. The standard InChI is InChI=1S/C13H12N2O3S/c14-12-11(5-6-19(12,17)18)13(16)15-7-9-3-1-2-4-10(9)8-15/h1-6H,7-8,14H2. The lowest BCUT2D eigenvalue weighted by atomic mass is 10.1. The molecule has 19 heavy (non-hydrogen) atoms. The number of amides is 1. The van der Waals surface area contributed by atoms with Crippen LogP contribution in [0, 0.1) is 0 Å². The van der Waals surface area contributed by atoms with E-state index in [2.05, 4.69) is 0 Å². The van der Waals surface area contributed by atoms with E-state index in [1.165, 1.54) is 6.08 Å². The summed E-state index contributed by atoms with van der Waals surface area (Å²) in [6, 6.07) is 7.75. The number of benzene rings is 1. The van der Waals surface area contributed by atoms with E-state index < -0.39 is 9.84 Å². The molecule has 0 radical (unpaired) electrons. The summed E-state index contributed by atoms with van der Waals surface area (Å²) >= 11 is 0. The van der Waals surface area contributed by atoms with Gasteiger partial charge in [0.05, 0.1) is 5.57 Å². The Morgan fingerprint density at radius 2 is 1.74 bits per heavy atom. The van der Waals surface area contributed by atoms with Gasteiger partial charge in [-0.2, -0.15) is 0 Å². The van der Waals surface area contributed by atoms with Gasteiger partial charge in [0.2, 0.25) is 9.84 Å². The normalized spacial score (nSPS) is 19.9. The Hall–Kier alpha value is -2.08. The molecule has 0 saturated carbocycles. The maximum absolute atomic E-state index is 12.3. The van der Waals surface area contributed by atoms with Gasteiger partial charge in [0, 0.05) is 18.5 Å². The third-order valence-corrected chi connectivity index (χ3v) is 4.67. The second-order valence-electron chi connectivity index (χ2n) is 4.56. The van der Waals surface area contributed by atoms with Gasteiger partial charge in [-0.25, -0.2) is 8.42 Å². The Kier molecular flexibility index (Phi) is 2.50. The van der Waals surface area contributed by atoms with Gasteiger partial charge in [-0.3, -0.25) is 4.79 Å². The first kappa shape index (κ1) is 12.0. The quantitative estimate of drug-likeness (QED) is 0.816. The Balaban J connectivity index is 1.90. The fourth-order valence-electron chi connectivity index (χ4n) is 2.29. The largest absolute Gasteiger partial charge is 0.389 e. The lowest BCUT2D eigenvalue weighted by Crippen LogP contribution is -2.28. The summed E-state index contributed by atoms with van der Waals surface area (Å²) in [7, 11) is -3.59. The zero-order chi connectivity index (χ0) is 13.6. The predicted octanol–water partition coefficient (Wildman–Crippen LogP) is 0.641. The second-order valence-corrected chi connectivity index (χ2v) is 6.36. The minimum atomic E-state index is -3.59. The zero-order valence-corrected chi connectivity index (χ0v) is 10.9. The fraction of sp³-hybridized carbons (Fsp3) is 0.154. The van der Waals surface area contributed by atoms with Gasteiger partial charge in [0.15, 0.2) is 0 Å². The highest BCUT2D eigenvalue weighted by Crippen LogP contribution is 2.27. The molecule has 5 nitrogen and oxygen atoms in total. The first-order valence-electron chi connectivity index (χ1n) is 5.78. The van der Waals surface area contributed by atoms with Crippen molar-refractivity contribution in [3.05, 3.63) is 57.5 Å². The smallest absolute Gasteiger partial charge is 0.257 e. The topological polar surface area (TPSA) is 80.5 Å². The number of carbonyl (C=O) groups is 1. The molecular formula is C13H12N2O3S. The van der Waals surface area contributed by atoms with Crippen molar-refractivity contribution in [2.45, 2.75) is 13.1 Å². The maximum Gasteiger partial charge on any atom is 0.257 e. The summed E-state index contributed by atoms with van der Waals surface area (Å²) in [6.45, 7) is 0.972. The molecule has 0 fully saturated rings. The van der Waals surface area contributed by atoms with Crippen LogP contribution in [0.3, 0.4) is 0 Å². The van der Waals surface area contributed by atoms with E-state index in [0.717, 1.165) is 16.5 Å². The molecule has 1 aromatic carbocycles. The number of nitrogens with zero attached hydrogens (tertiary/aromatic N) is 1. The minimum absolute atomic E-state index is 0.0628. The fourth-order valence-corrected chi connectivity index (χ4v) is 3.21. The van der Waals surface area contributed by atoms with E-state index in [1.807, 2.05) is 24.3 Å². The Labute approximate surface area is 110 Å². The molecule has 0 unspecified atom stereocenters. The van der Waals surface area contributed by atoms with E-state index >= 15 is 0 Å². The van der Waals surface area contributed by atoms with Gasteiger partial charge in [0.1, 0.15) is 5.03 Å². The SMILES string of the molecule is NC1=C(C(=O)N2Cc3ccccc3C2)C=CS1(=O)=O. The highest BCUT2D eigenvalue weighted by atomic mass is 32.2. The van der Waals surface area contributed by atoms with Crippen molar-refractivity contribution in [3.8, 4) is 0 Å². The first-order valence-corrected chi connectivity index (χ1v) is 7.32. The molecule has 6 heteroatoms. The van der Waals surface area contributed by atoms with Crippen molar-refractivity contribution < 1.29 is 13.2 Å². The number of carbonyl (C=O) groups excluding carboxylic acids is 1. The van der Waals surface area contributed by atoms with Gasteiger partial charge < -0.3 is 10.6 Å². The number of sulfone groups is 1. The summed E-state index contributed by atoms with van der Waals surface area (Å²) < 4.78 is 22.9. The number of hydrogen-bond acceptors (Lipinski definition) is 4. The van der Waals surface area contributed by atoms with Crippen LogP contribution in [0.25, 0.3) is 0 Å². The zero-order valence-electron chi connectivity index (χ0n) is 10.0.